The van der Waals surface area contributed by atoms with Crippen LogP contribution in [-0.4, -0.2) is 22.2 Å². The number of benzene rings is 3. The molecule has 4 nitrogen and oxygen atoms in total. The lowest BCUT2D eigenvalue weighted by Crippen LogP contribution is -2.06. The van der Waals surface area contributed by atoms with Crippen molar-refractivity contribution in [1.29, 1.82) is 0 Å². The number of carbonyl (C=O) groups is 1. The summed E-state index contributed by atoms with van der Waals surface area (Å²) in [7, 11) is 0. The normalized spacial score (nSPS) is 11.1. The molecule has 0 amide bonds. The molecule has 30 heavy (non-hydrogen) atoms. The van der Waals surface area contributed by atoms with Crippen molar-refractivity contribution in [2.45, 2.75) is 6.92 Å². The number of aromatic nitrogens is 2. The van der Waals surface area contributed by atoms with Gasteiger partial charge in [0.25, 0.3) is 0 Å². The number of rotatable bonds is 4. The molecule has 0 fully saturated rings. The second-order valence-corrected chi connectivity index (χ2v) is 7.05. The maximum atomic E-state index is 13.1. The maximum Gasteiger partial charge on any atom is 0.342 e. The molecule has 2 aromatic heterocycles. The summed E-state index contributed by atoms with van der Waals surface area (Å²) in [5.74, 6) is -0.360. The number of hydrogen-bond acceptors (Lipinski definition) is 3. The minimum atomic E-state index is -0.360. The summed E-state index contributed by atoms with van der Waals surface area (Å²) in [6.45, 7) is 2.13. The van der Waals surface area contributed by atoms with E-state index in [9.17, 15) is 4.79 Å². The van der Waals surface area contributed by atoms with E-state index < -0.39 is 0 Å². The van der Waals surface area contributed by atoms with Crippen molar-refractivity contribution in [3.63, 3.8) is 0 Å². The van der Waals surface area contributed by atoms with E-state index in [0.717, 1.165) is 33.1 Å². The summed E-state index contributed by atoms with van der Waals surface area (Å²) < 4.78 is 7.34. The number of fused-ring (bicyclic) bond motifs is 3. The van der Waals surface area contributed by atoms with Crippen LogP contribution in [0.2, 0.25) is 0 Å². The summed E-state index contributed by atoms with van der Waals surface area (Å²) in [5, 5.41) is 6.95. The Kier molecular flexibility index (Phi) is 4.52. The fourth-order valence-electron chi connectivity index (χ4n) is 3.90. The molecule has 4 heteroatoms. The molecule has 0 unspecified atom stereocenters. The quantitative estimate of drug-likeness (QED) is 0.352. The van der Waals surface area contributed by atoms with Gasteiger partial charge in [0.1, 0.15) is 11.3 Å². The third-order valence-electron chi connectivity index (χ3n) is 5.22. The number of ether oxygens (including phenoxy) is 1. The van der Waals surface area contributed by atoms with Gasteiger partial charge >= 0.3 is 5.97 Å². The number of carbonyl (C=O) groups excluding carboxylic acids is 1. The van der Waals surface area contributed by atoms with Gasteiger partial charge < -0.3 is 4.74 Å². The Morgan fingerprint density at radius 3 is 2.20 bits per heavy atom. The Morgan fingerprint density at radius 1 is 0.867 bits per heavy atom. The third kappa shape index (κ3) is 2.94. The molecule has 0 radical (unpaired) electrons. The molecule has 0 spiro atoms. The average molecular weight is 392 g/mol. The van der Waals surface area contributed by atoms with Gasteiger partial charge in [0.05, 0.1) is 17.8 Å². The third-order valence-corrected chi connectivity index (χ3v) is 5.22. The molecule has 0 aliphatic carbocycles. The fraction of sp³-hybridized carbons (Fsp3) is 0.0769. The van der Waals surface area contributed by atoms with Crippen molar-refractivity contribution in [3.05, 3.63) is 96.6 Å². The molecule has 0 bridgehead atoms. The molecule has 5 aromatic rings. The highest BCUT2D eigenvalue weighted by molar-refractivity contribution is 6.12. The van der Waals surface area contributed by atoms with Crippen molar-refractivity contribution in [3.8, 4) is 22.5 Å². The highest BCUT2D eigenvalue weighted by Gasteiger charge is 2.25. The van der Waals surface area contributed by atoms with Gasteiger partial charge in [-0.2, -0.15) is 5.10 Å². The molecule has 0 aliphatic heterocycles. The van der Waals surface area contributed by atoms with Gasteiger partial charge in [0, 0.05) is 16.5 Å². The molecule has 0 saturated heterocycles. The first-order valence-corrected chi connectivity index (χ1v) is 10.0. The van der Waals surface area contributed by atoms with Crippen molar-refractivity contribution in [2.24, 2.45) is 0 Å². The Morgan fingerprint density at radius 2 is 1.50 bits per heavy atom. The SMILES string of the molecule is CCOC(=O)c1c(-c2ccccc2)nn2c(-c3ccccc3)cc3ccccc3c12. The van der Waals surface area contributed by atoms with E-state index in [1.165, 1.54) is 0 Å². The number of esters is 1. The topological polar surface area (TPSA) is 43.6 Å². The summed E-state index contributed by atoms with van der Waals surface area (Å²) in [4.78, 5) is 13.1. The maximum absolute atomic E-state index is 13.1. The smallest absolute Gasteiger partial charge is 0.342 e. The zero-order valence-corrected chi connectivity index (χ0v) is 16.6. The lowest BCUT2D eigenvalue weighted by Gasteiger charge is -2.10. The molecular formula is C26H20N2O2. The van der Waals surface area contributed by atoms with Gasteiger partial charge in [0.15, 0.2) is 0 Å². The van der Waals surface area contributed by atoms with Crippen LogP contribution in [0.5, 0.6) is 0 Å². The van der Waals surface area contributed by atoms with Crippen LogP contribution in [0.4, 0.5) is 0 Å². The van der Waals surface area contributed by atoms with Crippen LogP contribution < -0.4 is 0 Å². The average Bonchev–Trinajstić information content (AvgIpc) is 3.21. The first-order chi connectivity index (χ1) is 14.8. The summed E-state index contributed by atoms with van der Waals surface area (Å²) in [6, 6.07) is 30.1. The number of pyridine rings is 1. The fourth-order valence-corrected chi connectivity index (χ4v) is 3.90. The lowest BCUT2D eigenvalue weighted by molar-refractivity contribution is 0.0529. The Hall–Kier alpha value is -3.92. The van der Waals surface area contributed by atoms with E-state index in [0.29, 0.717) is 17.9 Å². The molecule has 0 saturated carbocycles. The molecule has 0 atom stereocenters. The van der Waals surface area contributed by atoms with Gasteiger partial charge in [-0.05, 0) is 18.4 Å². The van der Waals surface area contributed by atoms with Crippen LogP contribution in [-0.2, 0) is 4.74 Å². The van der Waals surface area contributed by atoms with Gasteiger partial charge in [-0.1, -0.05) is 84.9 Å². The van der Waals surface area contributed by atoms with Gasteiger partial charge in [-0.15, -0.1) is 0 Å². The first-order valence-electron chi connectivity index (χ1n) is 10.0. The van der Waals surface area contributed by atoms with Crippen LogP contribution in [0.3, 0.4) is 0 Å². The Bertz CT molecular complexity index is 1360. The largest absolute Gasteiger partial charge is 0.462 e. The van der Waals surface area contributed by atoms with Crippen molar-refractivity contribution < 1.29 is 9.53 Å². The molecular weight excluding hydrogens is 372 g/mol. The van der Waals surface area contributed by atoms with E-state index in [1.54, 1.807) is 0 Å². The van der Waals surface area contributed by atoms with Gasteiger partial charge in [-0.25, -0.2) is 9.31 Å². The Balaban J connectivity index is 1.95. The predicted molar refractivity (Wildman–Crippen MR) is 120 cm³/mol. The van der Waals surface area contributed by atoms with E-state index in [1.807, 2.05) is 78.2 Å². The molecule has 5 rings (SSSR count). The summed E-state index contributed by atoms with van der Waals surface area (Å²) in [5.41, 5.74) is 4.74. The van der Waals surface area contributed by atoms with Crippen LogP contribution in [0.15, 0.2) is 91.0 Å². The van der Waals surface area contributed by atoms with Crippen LogP contribution in [0.25, 0.3) is 38.8 Å². The Labute approximate surface area is 174 Å². The molecule has 146 valence electrons. The highest BCUT2D eigenvalue weighted by atomic mass is 16.5. The number of nitrogens with zero attached hydrogens (tertiary/aromatic N) is 2. The van der Waals surface area contributed by atoms with Gasteiger partial charge in [0.2, 0.25) is 0 Å². The second-order valence-electron chi connectivity index (χ2n) is 7.05. The minimum Gasteiger partial charge on any atom is -0.462 e. The van der Waals surface area contributed by atoms with Crippen LogP contribution in [0, 0.1) is 0 Å². The standard InChI is InChI=1S/C26H20N2O2/c1-2-30-26(29)23-24(19-13-7-4-8-14-19)27-28-22(18-11-5-3-6-12-18)17-20-15-9-10-16-21(20)25(23)28/h3-17H,2H2,1H3. The van der Waals surface area contributed by atoms with Crippen molar-refractivity contribution >= 4 is 22.3 Å². The lowest BCUT2D eigenvalue weighted by atomic mass is 10.0. The highest BCUT2D eigenvalue weighted by Crippen LogP contribution is 2.35. The molecule has 0 N–H and O–H groups in total. The first kappa shape index (κ1) is 18.1. The minimum absolute atomic E-state index is 0.306. The van der Waals surface area contributed by atoms with Gasteiger partial charge in [-0.3, -0.25) is 0 Å². The number of hydrogen-bond donors (Lipinski definition) is 0. The van der Waals surface area contributed by atoms with Crippen molar-refractivity contribution in [1.82, 2.24) is 9.61 Å². The second kappa shape index (κ2) is 7.48. The van der Waals surface area contributed by atoms with E-state index in [2.05, 4.69) is 24.3 Å². The zero-order chi connectivity index (χ0) is 20.5. The molecule has 0 aliphatic rings. The van der Waals surface area contributed by atoms with E-state index >= 15 is 0 Å². The van der Waals surface area contributed by atoms with E-state index in [4.69, 9.17) is 9.84 Å². The van der Waals surface area contributed by atoms with Crippen molar-refractivity contribution in [2.75, 3.05) is 6.61 Å². The zero-order valence-electron chi connectivity index (χ0n) is 16.6. The predicted octanol–water partition coefficient (Wildman–Crippen LogP) is 6.00. The molecule has 2 heterocycles. The monoisotopic (exact) mass is 392 g/mol. The van der Waals surface area contributed by atoms with E-state index in [-0.39, 0.29) is 5.97 Å². The molecule has 3 aromatic carbocycles. The summed E-state index contributed by atoms with van der Waals surface area (Å²) in [6.07, 6.45) is 0. The summed E-state index contributed by atoms with van der Waals surface area (Å²) >= 11 is 0. The van der Waals surface area contributed by atoms with Crippen LogP contribution in [0.1, 0.15) is 17.3 Å². The van der Waals surface area contributed by atoms with Crippen LogP contribution >= 0.6 is 0 Å².